The number of benzene rings is 2. The summed E-state index contributed by atoms with van der Waals surface area (Å²) in [5, 5.41) is 1.30. The molecule has 0 spiro atoms. The first kappa shape index (κ1) is 15.3. The van der Waals surface area contributed by atoms with E-state index in [-0.39, 0.29) is 12.0 Å². The van der Waals surface area contributed by atoms with E-state index in [9.17, 15) is 9.59 Å². The Morgan fingerprint density at radius 3 is 2.43 bits per heavy atom. The van der Waals surface area contributed by atoms with Crippen molar-refractivity contribution in [2.75, 3.05) is 19.0 Å². The smallest absolute Gasteiger partial charge is 0.197 e. The lowest BCUT2D eigenvalue weighted by Crippen LogP contribution is -2.18. The van der Waals surface area contributed by atoms with Gasteiger partial charge in [0.1, 0.15) is 6.29 Å². The number of carbonyl (C=O) groups excluding carboxylic acids is 1. The molecule has 118 valence electrons. The molecule has 1 aromatic heterocycles. The van der Waals surface area contributed by atoms with Gasteiger partial charge in [-0.05, 0) is 43.2 Å². The van der Waals surface area contributed by atoms with Crippen molar-refractivity contribution in [1.82, 2.24) is 4.57 Å². The molecule has 0 fully saturated rings. The Morgan fingerprint density at radius 1 is 1.09 bits per heavy atom. The highest BCUT2D eigenvalue weighted by atomic mass is 16.1. The van der Waals surface area contributed by atoms with Gasteiger partial charge in [0.2, 0.25) is 0 Å². The third-order valence-corrected chi connectivity index (χ3v) is 4.26. The number of aromatic nitrogens is 1. The Kier molecular flexibility index (Phi) is 3.68. The molecule has 0 saturated carbocycles. The second-order valence-corrected chi connectivity index (χ2v) is 6.15. The Labute approximate surface area is 134 Å². The van der Waals surface area contributed by atoms with Crippen LogP contribution in [0.15, 0.2) is 35.1 Å². The van der Waals surface area contributed by atoms with Gasteiger partial charge in [-0.2, -0.15) is 0 Å². The highest BCUT2D eigenvalue weighted by molar-refractivity contribution is 6.01. The van der Waals surface area contributed by atoms with Crippen LogP contribution < -0.4 is 10.3 Å². The summed E-state index contributed by atoms with van der Waals surface area (Å²) in [6, 6.07) is 9.58. The average molecular weight is 308 g/mol. The normalized spacial score (nSPS) is 11.1. The Balaban J connectivity index is 2.67. The molecule has 0 amide bonds. The maximum absolute atomic E-state index is 12.9. The van der Waals surface area contributed by atoms with Gasteiger partial charge in [0.15, 0.2) is 5.43 Å². The summed E-state index contributed by atoms with van der Waals surface area (Å²) in [7, 11) is 3.91. The molecule has 0 atom stereocenters. The summed E-state index contributed by atoms with van der Waals surface area (Å²) in [6.07, 6.45) is 0.882. The van der Waals surface area contributed by atoms with Crippen LogP contribution in [0, 0.1) is 13.8 Å². The maximum atomic E-state index is 12.9. The predicted octanol–water partition coefficient (Wildman–Crippen LogP) is 3.04. The molecule has 3 rings (SSSR count). The van der Waals surface area contributed by atoms with Crippen LogP contribution in [-0.4, -0.2) is 24.9 Å². The molecule has 2 aromatic carbocycles. The van der Waals surface area contributed by atoms with Gasteiger partial charge in [-0.15, -0.1) is 0 Å². The van der Waals surface area contributed by atoms with Crippen molar-refractivity contribution >= 4 is 33.8 Å². The zero-order valence-electron chi connectivity index (χ0n) is 13.9. The first-order valence-corrected chi connectivity index (χ1v) is 7.63. The summed E-state index contributed by atoms with van der Waals surface area (Å²) in [5.74, 6) is 0. The number of pyridine rings is 1. The fourth-order valence-electron chi connectivity index (χ4n) is 3.29. The molecular formula is C19H20N2O2. The summed E-state index contributed by atoms with van der Waals surface area (Å²) in [4.78, 5) is 26.2. The SMILES string of the molecule is Cc1ccc2c(=O)c3ccc(C)c(N(C)C)c3n(CC=O)c2c1. The van der Waals surface area contributed by atoms with Crippen LogP contribution in [-0.2, 0) is 11.3 Å². The largest absolute Gasteiger partial charge is 0.376 e. The second kappa shape index (κ2) is 5.54. The van der Waals surface area contributed by atoms with Crippen LogP contribution >= 0.6 is 0 Å². The lowest BCUT2D eigenvalue weighted by Gasteiger charge is -2.22. The number of rotatable bonds is 3. The van der Waals surface area contributed by atoms with Crippen LogP contribution in [0.4, 0.5) is 5.69 Å². The molecule has 0 unspecified atom stereocenters. The lowest BCUT2D eigenvalue weighted by molar-refractivity contribution is -0.108. The van der Waals surface area contributed by atoms with Crippen LogP contribution in [0.3, 0.4) is 0 Å². The van der Waals surface area contributed by atoms with Gasteiger partial charge < -0.3 is 14.3 Å². The standard InChI is InChI=1S/C19H20N2O2/c1-12-5-7-14-16(11-12)21(9-10-22)18-15(19(14)23)8-6-13(2)17(18)20(3)4/h5-8,10-11H,9H2,1-4H3. The number of nitrogens with zero attached hydrogens (tertiary/aromatic N) is 2. The molecule has 0 bridgehead atoms. The monoisotopic (exact) mass is 308 g/mol. The van der Waals surface area contributed by atoms with Gasteiger partial charge in [0.05, 0.1) is 23.3 Å². The zero-order valence-corrected chi connectivity index (χ0v) is 13.9. The number of carbonyl (C=O) groups is 1. The van der Waals surface area contributed by atoms with Crippen LogP contribution in [0.2, 0.25) is 0 Å². The van der Waals surface area contributed by atoms with Gasteiger partial charge in [0.25, 0.3) is 0 Å². The summed E-state index contributed by atoms with van der Waals surface area (Å²) >= 11 is 0. The number of hydrogen-bond donors (Lipinski definition) is 0. The van der Waals surface area contributed by atoms with Crippen molar-refractivity contribution in [3.63, 3.8) is 0 Å². The van der Waals surface area contributed by atoms with Crippen molar-refractivity contribution in [2.45, 2.75) is 20.4 Å². The molecule has 4 nitrogen and oxygen atoms in total. The average Bonchev–Trinajstić information content (AvgIpc) is 2.50. The molecule has 3 aromatic rings. The number of anilines is 1. The van der Waals surface area contributed by atoms with E-state index >= 15 is 0 Å². The van der Waals surface area contributed by atoms with Crippen molar-refractivity contribution in [1.29, 1.82) is 0 Å². The highest BCUT2D eigenvalue weighted by Crippen LogP contribution is 2.30. The molecule has 0 radical (unpaired) electrons. The molecule has 0 saturated heterocycles. The quantitative estimate of drug-likeness (QED) is 0.552. The first-order chi connectivity index (χ1) is 11.0. The number of aryl methyl sites for hydroxylation is 2. The summed E-state index contributed by atoms with van der Waals surface area (Å²) in [6.45, 7) is 4.23. The van der Waals surface area contributed by atoms with E-state index in [2.05, 4.69) is 0 Å². The Bertz CT molecular complexity index is 984. The molecule has 0 aliphatic rings. The molecule has 1 heterocycles. The van der Waals surface area contributed by atoms with Crippen molar-refractivity contribution in [2.24, 2.45) is 0 Å². The van der Waals surface area contributed by atoms with E-state index in [1.807, 2.05) is 67.7 Å². The number of hydrogen-bond acceptors (Lipinski definition) is 3. The van der Waals surface area contributed by atoms with Crippen molar-refractivity contribution in [3.05, 3.63) is 51.7 Å². The molecule has 0 N–H and O–H groups in total. The van der Waals surface area contributed by atoms with Crippen molar-refractivity contribution in [3.8, 4) is 0 Å². The minimum absolute atomic E-state index is 0.0141. The second-order valence-electron chi connectivity index (χ2n) is 6.15. The van der Waals surface area contributed by atoms with Gasteiger partial charge in [-0.25, -0.2) is 0 Å². The molecule has 0 aliphatic carbocycles. The van der Waals surface area contributed by atoms with E-state index in [0.717, 1.165) is 34.1 Å². The van der Waals surface area contributed by atoms with E-state index in [1.54, 1.807) is 0 Å². The fourth-order valence-corrected chi connectivity index (χ4v) is 3.29. The van der Waals surface area contributed by atoms with Gasteiger partial charge in [-0.1, -0.05) is 12.1 Å². The Morgan fingerprint density at radius 2 is 1.78 bits per heavy atom. The molecular weight excluding hydrogens is 288 g/mol. The fraction of sp³-hybridized carbons (Fsp3) is 0.263. The maximum Gasteiger partial charge on any atom is 0.197 e. The Hall–Kier alpha value is -2.62. The van der Waals surface area contributed by atoms with Crippen LogP contribution in [0.5, 0.6) is 0 Å². The van der Waals surface area contributed by atoms with Crippen LogP contribution in [0.1, 0.15) is 11.1 Å². The number of fused-ring (bicyclic) bond motifs is 2. The third-order valence-electron chi connectivity index (χ3n) is 4.26. The molecule has 23 heavy (non-hydrogen) atoms. The van der Waals surface area contributed by atoms with Gasteiger partial charge >= 0.3 is 0 Å². The minimum atomic E-state index is 0.0141. The van der Waals surface area contributed by atoms with Gasteiger partial charge in [0, 0.05) is 24.9 Å². The lowest BCUT2D eigenvalue weighted by atomic mass is 10.0. The van der Waals surface area contributed by atoms with E-state index in [0.29, 0.717) is 10.8 Å². The van der Waals surface area contributed by atoms with E-state index in [4.69, 9.17) is 0 Å². The van der Waals surface area contributed by atoms with E-state index < -0.39 is 0 Å². The summed E-state index contributed by atoms with van der Waals surface area (Å²) < 4.78 is 1.95. The minimum Gasteiger partial charge on any atom is -0.376 e. The number of aldehydes is 1. The highest BCUT2D eigenvalue weighted by Gasteiger charge is 2.16. The zero-order chi connectivity index (χ0) is 16.7. The van der Waals surface area contributed by atoms with Crippen molar-refractivity contribution < 1.29 is 4.79 Å². The third kappa shape index (κ3) is 2.31. The van der Waals surface area contributed by atoms with Crippen LogP contribution in [0.25, 0.3) is 21.8 Å². The topological polar surface area (TPSA) is 42.3 Å². The first-order valence-electron chi connectivity index (χ1n) is 7.63. The van der Waals surface area contributed by atoms with E-state index in [1.165, 1.54) is 0 Å². The summed E-state index contributed by atoms with van der Waals surface area (Å²) in [5.41, 5.74) is 4.77. The molecule has 0 aliphatic heterocycles. The predicted molar refractivity (Wildman–Crippen MR) is 95.6 cm³/mol. The van der Waals surface area contributed by atoms with Gasteiger partial charge in [-0.3, -0.25) is 4.79 Å². The molecule has 4 heteroatoms.